The highest BCUT2D eigenvalue weighted by molar-refractivity contribution is 9.10. The van der Waals surface area contributed by atoms with Gasteiger partial charge in [0, 0.05) is 15.9 Å². The molecule has 0 bridgehead atoms. The summed E-state index contributed by atoms with van der Waals surface area (Å²) >= 11 is 3.51. The molecule has 1 fully saturated rings. The highest BCUT2D eigenvalue weighted by Gasteiger charge is 2.31. The lowest BCUT2D eigenvalue weighted by molar-refractivity contribution is 0.0684. The molecule has 3 rings (SSSR count). The molecule has 0 unspecified atom stereocenters. The summed E-state index contributed by atoms with van der Waals surface area (Å²) in [7, 11) is 0. The van der Waals surface area contributed by atoms with Gasteiger partial charge in [0.05, 0.1) is 5.52 Å². The van der Waals surface area contributed by atoms with Crippen LogP contribution in [0.3, 0.4) is 0 Å². The van der Waals surface area contributed by atoms with Gasteiger partial charge in [-0.3, -0.25) is 0 Å². The summed E-state index contributed by atoms with van der Waals surface area (Å²) in [6.07, 6.45) is 2.16. The molecule has 0 spiro atoms. The third-order valence-electron chi connectivity index (χ3n) is 3.34. The van der Waals surface area contributed by atoms with Crippen LogP contribution in [0.15, 0.2) is 22.7 Å². The molecule has 1 N–H and O–H groups in total. The van der Waals surface area contributed by atoms with E-state index in [0.29, 0.717) is 11.7 Å². The lowest BCUT2D eigenvalue weighted by Gasteiger charge is -2.06. The maximum absolute atomic E-state index is 11.4. The summed E-state index contributed by atoms with van der Waals surface area (Å²) in [6.45, 7) is 1.88. The Morgan fingerprint density at radius 2 is 2.18 bits per heavy atom. The summed E-state index contributed by atoms with van der Waals surface area (Å²) in [4.78, 5) is 11.4. The number of halogens is 1. The quantitative estimate of drug-likeness (QED) is 0.916. The Morgan fingerprint density at radius 3 is 2.76 bits per heavy atom. The van der Waals surface area contributed by atoms with Crippen LogP contribution in [0, 0.1) is 6.92 Å². The number of carbonyl (C=O) groups is 1. The predicted octanol–water partition coefficient (Wildman–Crippen LogP) is 3.75. The Hall–Kier alpha value is -1.29. The van der Waals surface area contributed by atoms with E-state index in [1.807, 2.05) is 29.7 Å². The summed E-state index contributed by atoms with van der Waals surface area (Å²) < 4.78 is 2.95. The van der Waals surface area contributed by atoms with Crippen LogP contribution >= 0.6 is 15.9 Å². The van der Waals surface area contributed by atoms with E-state index in [1.54, 1.807) is 0 Å². The van der Waals surface area contributed by atoms with Crippen LogP contribution in [-0.4, -0.2) is 15.6 Å². The van der Waals surface area contributed by atoms with Gasteiger partial charge in [0.15, 0.2) is 0 Å². The van der Waals surface area contributed by atoms with Crippen molar-refractivity contribution in [2.24, 2.45) is 0 Å². The zero-order valence-corrected chi connectivity index (χ0v) is 11.0. The number of nitrogens with zero attached hydrogens (tertiary/aromatic N) is 1. The van der Waals surface area contributed by atoms with Gasteiger partial charge in [-0.15, -0.1) is 0 Å². The van der Waals surface area contributed by atoms with Gasteiger partial charge in [-0.25, -0.2) is 4.79 Å². The van der Waals surface area contributed by atoms with Crippen molar-refractivity contribution in [3.63, 3.8) is 0 Å². The van der Waals surface area contributed by atoms with Crippen molar-refractivity contribution in [3.05, 3.63) is 33.9 Å². The van der Waals surface area contributed by atoms with Crippen molar-refractivity contribution in [1.82, 2.24) is 4.57 Å². The molecule has 1 heterocycles. The molecule has 0 amide bonds. The van der Waals surface area contributed by atoms with Gasteiger partial charge in [-0.05, 0) is 37.5 Å². The highest BCUT2D eigenvalue weighted by atomic mass is 79.9. The van der Waals surface area contributed by atoms with Crippen molar-refractivity contribution in [2.75, 3.05) is 0 Å². The summed E-state index contributed by atoms with van der Waals surface area (Å²) in [5, 5.41) is 10.4. The molecule has 0 radical (unpaired) electrons. The normalized spacial score (nSPS) is 15.4. The van der Waals surface area contributed by atoms with E-state index in [0.717, 1.165) is 33.8 Å². The van der Waals surface area contributed by atoms with Crippen LogP contribution in [0.4, 0.5) is 0 Å². The topological polar surface area (TPSA) is 42.2 Å². The maximum atomic E-state index is 11.4. The SMILES string of the molecule is Cc1c(C(=O)O)n(C2CC2)c2cccc(Br)c12. The van der Waals surface area contributed by atoms with Crippen molar-refractivity contribution < 1.29 is 9.90 Å². The molecule has 0 atom stereocenters. The number of carboxylic acid groups (broad SMARTS) is 1. The van der Waals surface area contributed by atoms with Gasteiger partial charge in [0.2, 0.25) is 0 Å². The number of hydrogen-bond acceptors (Lipinski definition) is 1. The lowest BCUT2D eigenvalue weighted by Crippen LogP contribution is -2.08. The monoisotopic (exact) mass is 293 g/mol. The maximum Gasteiger partial charge on any atom is 0.352 e. The highest BCUT2D eigenvalue weighted by Crippen LogP contribution is 2.42. The summed E-state index contributed by atoms with van der Waals surface area (Å²) in [5.41, 5.74) is 2.32. The van der Waals surface area contributed by atoms with Crippen LogP contribution in [0.25, 0.3) is 10.9 Å². The molecule has 1 aliphatic rings. The number of aromatic carboxylic acids is 1. The van der Waals surface area contributed by atoms with Crippen LogP contribution in [0.1, 0.15) is 34.9 Å². The van der Waals surface area contributed by atoms with Gasteiger partial charge in [0.1, 0.15) is 5.69 Å². The minimum Gasteiger partial charge on any atom is -0.477 e. The van der Waals surface area contributed by atoms with E-state index in [2.05, 4.69) is 15.9 Å². The molecule has 3 nitrogen and oxygen atoms in total. The van der Waals surface area contributed by atoms with Crippen molar-refractivity contribution in [2.45, 2.75) is 25.8 Å². The summed E-state index contributed by atoms with van der Waals surface area (Å²) in [5.74, 6) is -0.836. The van der Waals surface area contributed by atoms with Gasteiger partial charge < -0.3 is 9.67 Å². The van der Waals surface area contributed by atoms with Crippen molar-refractivity contribution in [1.29, 1.82) is 0 Å². The molecule has 1 aromatic heterocycles. The Bertz CT molecular complexity index is 626. The number of hydrogen-bond donors (Lipinski definition) is 1. The van der Waals surface area contributed by atoms with E-state index in [9.17, 15) is 9.90 Å². The minimum atomic E-state index is -0.836. The fourth-order valence-corrected chi connectivity index (χ4v) is 3.13. The van der Waals surface area contributed by atoms with E-state index in [4.69, 9.17) is 0 Å². The molecule has 88 valence electrons. The van der Waals surface area contributed by atoms with Gasteiger partial charge in [-0.2, -0.15) is 0 Å². The molecule has 1 aromatic carbocycles. The number of aromatic nitrogens is 1. The predicted molar refractivity (Wildman–Crippen MR) is 69.6 cm³/mol. The Morgan fingerprint density at radius 1 is 1.47 bits per heavy atom. The zero-order chi connectivity index (χ0) is 12.2. The van der Waals surface area contributed by atoms with Crippen LogP contribution in [0.5, 0.6) is 0 Å². The average Bonchev–Trinajstić information content (AvgIpc) is 3.04. The molecule has 0 aliphatic heterocycles. The van der Waals surface area contributed by atoms with Crippen LogP contribution in [-0.2, 0) is 0 Å². The third-order valence-corrected chi connectivity index (χ3v) is 4.00. The molecule has 17 heavy (non-hydrogen) atoms. The van der Waals surface area contributed by atoms with Gasteiger partial charge in [-0.1, -0.05) is 22.0 Å². The first-order chi connectivity index (χ1) is 8.11. The van der Waals surface area contributed by atoms with Gasteiger partial charge >= 0.3 is 5.97 Å². The lowest BCUT2D eigenvalue weighted by atomic mass is 10.1. The molecular formula is C13H12BrNO2. The Balaban J connectivity index is 2.45. The van der Waals surface area contributed by atoms with E-state index in [1.165, 1.54) is 0 Å². The molecule has 2 aromatic rings. The fourth-order valence-electron chi connectivity index (χ4n) is 2.48. The van der Waals surface area contributed by atoms with Crippen LogP contribution in [0.2, 0.25) is 0 Å². The first-order valence-electron chi connectivity index (χ1n) is 5.63. The van der Waals surface area contributed by atoms with E-state index >= 15 is 0 Å². The number of aryl methyl sites for hydroxylation is 1. The molecule has 0 saturated heterocycles. The molecule has 1 aliphatic carbocycles. The van der Waals surface area contributed by atoms with Crippen molar-refractivity contribution in [3.8, 4) is 0 Å². The summed E-state index contributed by atoms with van der Waals surface area (Å²) in [6, 6.07) is 6.28. The van der Waals surface area contributed by atoms with Gasteiger partial charge in [0.25, 0.3) is 0 Å². The molecular weight excluding hydrogens is 282 g/mol. The van der Waals surface area contributed by atoms with E-state index in [-0.39, 0.29) is 0 Å². The van der Waals surface area contributed by atoms with Crippen LogP contribution < -0.4 is 0 Å². The smallest absolute Gasteiger partial charge is 0.352 e. The largest absolute Gasteiger partial charge is 0.477 e. The second kappa shape index (κ2) is 3.60. The number of rotatable bonds is 2. The Labute approximate surface area is 107 Å². The molecule has 1 saturated carbocycles. The standard InChI is InChI=1S/C13H12BrNO2/c1-7-11-9(14)3-2-4-10(11)15(8-5-6-8)12(7)13(16)17/h2-4,8H,5-6H2,1H3,(H,16,17). The minimum absolute atomic E-state index is 0.367. The second-order valence-electron chi connectivity index (χ2n) is 4.51. The third kappa shape index (κ3) is 1.51. The first kappa shape index (κ1) is 10.8. The first-order valence-corrected chi connectivity index (χ1v) is 6.43. The number of fused-ring (bicyclic) bond motifs is 1. The molecule has 4 heteroatoms. The average molecular weight is 294 g/mol. The Kier molecular flexibility index (Phi) is 2.30. The zero-order valence-electron chi connectivity index (χ0n) is 9.40. The number of benzene rings is 1. The van der Waals surface area contributed by atoms with E-state index < -0.39 is 5.97 Å². The fraction of sp³-hybridized carbons (Fsp3) is 0.308. The number of carboxylic acids is 1. The van der Waals surface area contributed by atoms with Crippen molar-refractivity contribution >= 4 is 32.8 Å². The second-order valence-corrected chi connectivity index (χ2v) is 5.37.